The molecule has 0 aliphatic heterocycles. The van der Waals surface area contributed by atoms with E-state index in [9.17, 15) is 8.42 Å². The van der Waals surface area contributed by atoms with Gasteiger partial charge in [0.25, 0.3) is 0 Å². The second-order valence-electron chi connectivity index (χ2n) is 5.00. The van der Waals surface area contributed by atoms with Gasteiger partial charge >= 0.3 is 0 Å². The number of nitrogens with two attached hydrogens (primary N) is 1. The van der Waals surface area contributed by atoms with Crippen LogP contribution in [0.2, 0.25) is 0 Å². The first kappa shape index (κ1) is 17.8. The van der Waals surface area contributed by atoms with Crippen molar-refractivity contribution in [2.45, 2.75) is 31.2 Å². The highest BCUT2D eigenvalue weighted by atomic mass is 35.5. The zero-order valence-electron chi connectivity index (χ0n) is 12.0. The molecule has 3 N–H and O–H groups in total. The molecule has 0 saturated carbocycles. The highest BCUT2D eigenvalue weighted by Gasteiger charge is 2.17. The molecule has 1 aromatic carbocycles. The maximum Gasteiger partial charge on any atom is 0.242 e. The van der Waals surface area contributed by atoms with Gasteiger partial charge in [-0.15, -0.1) is 12.4 Å². The first-order valence-corrected chi connectivity index (χ1v) is 7.99. The summed E-state index contributed by atoms with van der Waals surface area (Å²) in [5.41, 5.74) is 7.11. The Labute approximate surface area is 131 Å². The fraction of sp³-hybridized carbons (Fsp3) is 0.357. The van der Waals surface area contributed by atoms with E-state index >= 15 is 0 Å². The summed E-state index contributed by atoms with van der Waals surface area (Å²) in [5.74, 6) is 0. The van der Waals surface area contributed by atoms with Crippen molar-refractivity contribution in [2.24, 2.45) is 5.73 Å². The van der Waals surface area contributed by atoms with Crippen LogP contribution in [-0.2, 0) is 10.0 Å². The third-order valence-electron chi connectivity index (χ3n) is 2.99. The van der Waals surface area contributed by atoms with E-state index in [1.165, 1.54) is 0 Å². The average molecular weight is 330 g/mol. The Bertz CT molecular complexity index is 717. The molecule has 0 spiro atoms. The molecule has 0 radical (unpaired) electrons. The molecule has 116 valence electrons. The molecule has 21 heavy (non-hydrogen) atoms. The number of pyridine rings is 1. The van der Waals surface area contributed by atoms with Crippen LogP contribution in [-0.4, -0.2) is 26.0 Å². The maximum atomic E-state index is 12.3. The molecule has 0 aliphatic rings. The summed E-state index contributed by atoms with van der Waals surface area (Å²) in [6, 6.07) is 7.04. The summed E-state index contributed by atoms with van der Waals surface area (Å²) >= 11 is 0. The van der Waals surface area contributed by atoms with Crippen molar-refractivity contribution in [1.82, 2.24) is 9.71 Å². The van der Waals surface area contributed by atoms with Gasteiger partial charge in [0.15, 0.2) is 0 Å². The minimum absolute atomic E-state index is 0. The van der Waals surface area contributed by atoms with Crippen molar-refractivity contribution < 1.29 is 8.42 Å². The fourth-order valence-electron chi connectivity index (χ4n) is 1.96. The van der Waals surface area contributed by atoms with Crippen molar-refractivity contribution >= 4 is 33.3 Å². The second kappa shape index (κ2) is 7.17. The van der Waals surface area contributed by atoms with E-state index < -0.39 is 10.0 Å². The molecular formula is C14H20ClN3O2S. The largest absolute Gasteiger partial charge is 0.328 e. The van der Waals surface area contributed by atoms with Gasteiger partial charge < -0.3 is 5.73 Å². The number of hydrogen-bond donors (Lipinski definition) is 2. The third kappa shape index (κ3) is 4.38. The number of para-hydroxylation sites is 1. The predicted octanol–water partition coefficient (Wildman–Crippen LogP) is 1.98. The standard InChI is InChI=1S/C14H19N3O2S.ClH/c1-10-8-12-4-3-5-13(14(12)16-9-10)20(18,19)17-7-6-11(2)15;/h3-5,8-9,11,17H,6-7,15H2,1-2H3;1H. The van der Waals surface area contributed by atoms with Crippen LogP contribution in [0.5, 0.6) is 0 Å². The van der Waals surface area contributed by atoms with E-state index in [1.54, 1.807) is 18.3 Å². The molecule has 0 bridgehead atoms. The number of hydrogen-bond acceptors (Lipinski definition) is 4. The molecule has 0 saturated heterocycles. The number of nitrogens with one attached hydrogen (secondary N) is 1. The van der Waals surface area contributed by atoms with Gasteiger partial charge in [-0.25, -0.2) is 13.1 Å². The van der Waals surface area contributed by atoms with Crippen LogP contribution in [0.15, 0.2) is 35.4 Å². The molecule has 5 nitrogen and oxygen atoms in total. The Morgan fingerprint density at radius 3 is 2.76 bits per heavy atom. The third-order valence-corrected chi connectivity index (χ3v) is 4.48. The molecular weight excluding hydrogens is 310 g/mol. The van der Waals surface area contributed by atoms with Crippen LogP contribution >= 0.6 is 12.4 Å². The van der Waals surface area contributed by atoms with E-state index in [-0.39, 0.29) is 23.3 Å². The summed E-state index contributed by atoms with van der Waals surface area (Å²) in [6.07, 6.45) is 2.26. The summed E-state index contributed by atoms with van der Waals surface area (Å²) in [4.78, 5) is 4.45. The van der Waals surface area contributed by atoms with Crippen molar-refractivity contribution in [3.63, 3.8) is 0 Å². The highest BCUT2D eigenvalue weighted by molar-refractivity contribution is 7.89. The van der Waals surface area contributed by atoms with Gasteiger partial charge in [0.05, 0.1) is 5.52 Å². The molecule has 0 aliphatic carbocycles. The zero-order chi connectivity index (χ0) is 14.8. The molecule has 7 heteroatoms. The van der Waals surface area contributed by atoms with E-state index in [2.05, 4.69) is 9.71 Å². The minimum atomic E-state index is -3.56. The topological polar surface area (TPSA) is 85.1 Å². The summed E-state index contributed by atoms with van der Waals surface area (Å²) < 4.78 is 27.2. The lowest BCUT2D eigenvalue weighted by Crippen LogP contribution is -2.29. The zero-order valence-corrected chi connectivity index (χ0v) is 13.7. The molecule has 1 unspecified atom stereocenters. The molecule has 2 aromatic rings. The Hall–Kier alpha value is -1.21. The monoisotopic (exact) mass is 329 g/mol. The summed E-state index contributed by atoms with van der Waals surface area (Å²) in [6.45, 7) is 4.09. The number of aryl methyl sites for hydroxylation is 1. The van der Waals surface area contributed by atoms with Gasteiger partial charge in [-0.3, -0.25) is 4.98 Å². The summed E-state index contributed by atoms with van der Waals surface area (Å²) in [7, 11) is -3.56. The van der Waals surface area contributed by atoms with E-state index in [4.69, 9.17) is 5.73 Å². The lowest BCUT2D eigenvalue weighted by Gasteiger charge is -2.10. The van der Waals surface area contributed by atoms with Crippen LogP contribution < -0.4 is 10.5 Å². The molecule has 1 atom stereocenters. The number of aromatic nitrogens is 1. The van der Waals surface area contributed by atoms with E-state index in [0.29, 0.717) is 18.5 Å². The number of nitrogens with zero attached hydrogens (tertiary/aromatic N) is 1. The van der Waals surface area contributed by atoms with E-state index in [1.807, 2.05) is 26.0 Å². The van der Waals surface area contributed by atoms with Gasteiger partial charge in [0.1, 0.15) is 4.90 Å². The normalized spacial score (nSPS) is 12.9. The Morgan fingerprint density at radius 1 is 1.38 bits per heavy atom. The quantitative estimate of drug-likeness (QED) is 0.878. The van der Waals surface area contributed by atoms with Gasteiger partial charge in [-0.05, 0) is 38.0 Å². The lowest BCUT2D eigenvalue weighted by atomic mass is 10.2. The molecule has 0 amide bonds. The molecule has 1 heterocycles. The second-order valence-corrected chi connectivity index (χ2v) is 6.74. The van der Waals surface area contributed by atoms with Crippen molar-refractivity contribution in [2.75, 3.05) is 6.54 Å². The molecule has 2 rings (SSSR count). The van der Waals surface area contributed by atoms with Gasteiger partial charge in [0, 0.05) is 24.2 Å². The predicted molar refractivity (Wildman–Crippen MR) is 87.2 cm³/mol. The smallest absolute Gasteiger partial charge is 0.242 e. The fourth-order valence-corrected chi connectivity index (χ4v) is 3.18. The summed E-state index contributed by atoms with van der Waals surface area (Å²) in [5, 5.41) is 0.820. The minimum Gasteiger partial charge on any atom is -0.328 e. The van der Waals surface area contributed by atoms with Crippen LogP contribution in [0.4, 0.5) is 0 Å². The number of rotatable bonds is 5. The lowest BCUT2D eigenvalue weighted by molar-refractivity contribution is 0.572. The Balaban J connectivity index is 0.00000220. The van der Waals surface area contributed by atoms with E-state index in [0.717, 1.165) is 10.9 Å². The van der Waals surface area contributed by atoms with Crippen molar-refractivity contribution in [3.8, 4) is 0 Å². The molecule has 1 aromatic heterocycles. The van der Waals surface area contributed by atoms with Crippen molar-refractivity contribution in [3.05, 3.63) is 36.0 Å². The van der Waals surface area contributed by atoms with Gasteiger partial charge in [-0.1, -0.05) is 12.1 Å². The van der Waals surface area contributed by atoms with Crippen LogP contribution in [0, 0.1) is 6.92 Å². The average Bonchev–Trinajstić information content (AvgIpc) is 2.36. The van der Waals surface area contributed by atoms with Gasteiger partial charge in [0.2, 0.25) is 10.0 Å². The van der Waals surface area contributed by atoms with Crippen LogP contribution in [0.3, 0.4) is 0 Å². The maximum absolute atomic E-state index is 12.3. The van der Waals surface area contributed by atoms with Gasteiger partial charge in [-0.2, -0.15) is 0 Å². The molecule has 0 fully saturated rings. The SMILES string of the molecule is Cc1cnc2c(S(=O)(=O)NCCC(C)N)cccc2c1.Cl. The first-order chi connectivity index (χ1) is 9.40. The first-order valence-electron chi connectivity index (χ1n) is 6.51. The van der Waals surface area contributed by atoms with Crippen LogP contribution in [0.1, 0.15) is 18.9 Å². The number of fused-ring (bicyclic) bond motifs is 1. The number of benzene rings is 1. The number of sulfonamides is 1. The Kier molecular flexibility index (Phi) is 6.10. The Morgan fingerprint density at radius 2 is 2.10 bits per heavy atom. The highest BCUT2D eigenvalue weighted by Crippen LogP contribution is 2.21. The van der Waals surface area contributed by atoms with Crippen molar-refractivity contribution in [1.29, 1.82) is 0 Å². The van der Waals surface area contributed by atoms with Crippen LogP contribution in [0.25, 0.3) is 10.9 Å². The number of halogens is 1.